The molecule has 0 bridgehead atoms. The number of nitrogens with one attached hydrogen (secondary N) is 1. The minimum absolute atomic E-state index is 0.199. The average molecular weight is 216 g/mol. The quantitative estimate of drug-likeness (QED) is 0.853. The van der Waals surface area contributed by atoms with Crippen molar-refractivity contribution in [3.63, 3.8) is 0 Å². The Morgan fingerprint density at radius 3 is 2.69 bits per heavy atom. The van der Waals surface area contributed by atoms with Crippen molar-refractivity contribution in [3.8, 4) is 0 Å². The molecule has 1 unspecified atom stereocenters. The van der Waals surface area contributed by atoms with Crippen molar-refractivity contribution in [3.05, 3.63) is 54.2 Å². The van der Waals surface area contributed by atoms with Gasteiger partial charge in [-0.25, -0.2) is 0 Å². The molecule has 84 valence electrons. The van der Waals surface area contributed by atoms with Crippen molar-refractivity contribution in [2.75, 3.05) is 0 Å². The zero-order chi connectivity index (χ0) is 11.4. The van der Waals surface area contributed by atoms with Crippen LogP contribution in [0.5, 0.6) is 0 Å². The van der Waals surface area contributed by atoms with E-state index in [9.17, 15) is 0 Å². The molecule has 0 spiro atoms. The lowest BCUT2D eigenvalue weighted by Crippen LogP contribution is -2.22. The van der Waals surface area contributed by atoms with Crippen LogP contribution in [0.25, 0.3) is 0 Å². The van der Waals surface area contributed by atoms with Crippen molar-refractivity contribution in [2.24, 2.45) is 0 Å². The summed E-state index contributed by atoms with van der Waals surface area (Å²) in [5.74, 6) is 0.954. The highest BCUT2D eigenvalue weighted by Gasteiger charge is 2.12. The number of furan rings is 1. The minimum atomic E-state index is 0.199. The van der Waals surface area contributed by atoms with E-state index in [0.29, 0.717) is 0 Å². The van der Waals surface area contributed by atoms with Crippen molar-refractivity contribution < 1.29 is 4.42 Å². The van der Waals surface area contributed by atoms with Crippen molar-refractivity contribution in [1.82, 2.24) is 10.3 Å². The molecule has 0 fully saturated rings. The van der Waals surface area contributed by atoms with Gasteiger partial charge in [-0.2, -0.15) is 0 Å². The van der Waals surface area contributed by atoms with Gasteiger partial charge in [-0.05, 0) is 37.6 Å². The summed E-state index contributed by atoms with van der Waals surface area (Å²) >= 11 is 0. The molecule has 3 nitrogen and oxygen atoms in total. The topological polar surface area (TPSA) is 38.1 Å². The molecule has 0 aliphatic heterocycles. The van der Waals surface area contributed by atoms with Crippen LogP contribution in [-0.4, -0.2) is 4.98 Å². The first-order valence-electron chi connectivity index (χ1n) is 5.46. The van der Waals surface area contributed by atoms with E-state index in [1.165, 1.54) is 5.56 Å². The summed E-state index contributed by atoms with van der Waals surface area (Å²) in [6, 6.07) is 8.36. The number of aromatic nitrogens is 1. The van der Waals surface area contributed by atoms with Crippen molar-refractivity contribution in [2.45, 2.75) is 25.9 Å². The van der Waals surface area contributed by atoms with Crippen LogP contribution in [0.1, 0.15) is 37.3 Å². The zero-order valence-corrected chi connectivity index (χ0v) is 9.55. The van der Waals surface area contributed by atoms with Crippen molar-refractivity contribution >= 4 is 0 Å². The molecule has 0 aromatic carbocycles. The van der Waals surface area contributed by atoms with E-state index in [-0.39, 0.29) is 12.1 Å². The van der Waals surface area contributed by atoms with E-state index in [1.54, 1.807) is 12.5 Å². The van der Waals surface area contributed by atoms with Gasteiger partial charge in [0.15, 0.2) is 0 Å². The van der Waals surface area contributed by atoms with Gasteiger partial charge in [0.05, 0.1) is 12.3 Å². The predicted octanol–water partition coefficient (Wildman–Crippen LogP) is 3.09. The van der Waals surface area contributed by atoms with Gasteiger partial charge in [0, 0.05) is 18.4 Å². The fraction of sp³-hybridized carbons (Fsp3) is 0.308. The molecule has 2 aromatic rings. The van der Waals surface area contributed by atoms with Crippen LogP contribution in [0.2, 0.25) is 0 Å². The second-order valence-corrected chi connectivity index (χ2v) is 3.91. The average Bonchev–Trinajstić information content (AvgIpc) is 2.83. The van der Waals surface area contributed by atoms with E-state index < -0.39 is 0 Å². The van der Waals surface area contributed by atoms with Gasteiger partial charge in [-0.1, -0.05) is 6.07 Å². The van der Waals surface area contributed by atoms with Gasteiger partial charge >= 0.3 is 0 Å². The number of nitrogens with zero attached hydrogens (tertiary/aromatic N) is 1. The Kier molecular flexibility index (Phi) is 3.37. The van der Waals surface area contributed by atoms with Crippen LogP contribution in [-0.2, 0) is 0 Å². The smallest absolute Gasteiger partial charge is 0.120 e. The number of pyridine rings is 1. The number of hydrogen-bond acceptors (Lipinski definition) is 3. The van der Waals surface area contributed by atoms with Gasteiger partial charge in [-0.15, -0.1) is 0 Å². The second-order valence-electron chi connectivity index (χ2n) is 3.91. The summed E-state index contributed by atoms with van der Waals surface area (Å²) in [6.45, 7) is 4.21. The highest BCUT2D eigenvalue weighted by atomic mass is 16.3. The molecule has 1 N–H and O–H groups in total. The maximum atomic E-state index is 5.35. The molecule has 0 saturated heterocycles. The largest absolute Gasteiger partial charge is 0.468 e. The van der Waals surface area contributed by atoms with E-state index >= 15 is 0 Å². The van der Waals surface area contributed by atoms with Gasteiger partial charge in [-0.3, -0.25) is 4.98 Å². The van der Waals surface area contributed by atoms with Gasteiger partial charge < -0.3 is 9.73 Å². The molecule has 16 heavy (non-hydrogen) atoms. The van der Waals surface area contributed by atoms with E-state index in [4.69, 9.17) is 4.42 Å². The van der Waals surface area contributed by atoms with Crippen LogP contribution < -0.4 is 5.32 Å². The summed E-state index contributed by atoms with van der Waals surface area (Å²) in [7, 11) is 0. The molecule has 0 saturated carbocycles. The Labute approximate surface area is 95.5 Å². The molecular weight excluding hydrogens is 200 g/mol. The molecule has 3 heteroatoms. The zero-order valence-electron chi connectivity index (χ0n) is 9.55. The number of hydrogen-bond donors (Lipinski definition) is 1. The Morgan fingerprint density at radius 1 is 1.19 bits per heavy atom. The van der Waals surface area contributed by atoms with E-state index in [2.05, 4.69) is 30.2 Å². The normalized spacial score (nSPS) is 14.6. The Bertz CT molecular complexity index is 411. The second kappa shape index (κ2) is 4.94. The summed E-state index contributed by atoms with van der Waals surface area (Å²) < 4.78 is 5.35. The highest BCUT2D eigenvalue weighted by molar-refractivity contribution is 5.14. The first-order valence-corrected chi connectivity index (χ1v) is 5.46. The Morgan fingerprint density at radius 2 is 2.06 bits per heavy atom. The molecule has 2 rings (SSSR count). The first-order chi connectivity index (χ1) is 7.77. The van der Waals surface area contributed by atoms with Crippen LogP contribution in [0.3, 0.4) is 0 Å². The summed E-state index contributed by atoms with van der Waals surface area (Å²) in [4.78, 5) is 4.11. The lowest BCUT2D eigenvalue weighted by atomic mass is 10.1. The lowest BCUT2D eigenvalue weighted by molar-refractivity contribution is 0.402. The van der Waals surface area contributed by atoms with E-state index in [0.717, 1.165) is 5.76 Å². The van der Waals surface area contributed by atoms with Crippen molar-refractivity contribution in [1.29, 1.82) is 0 Å². The molecule has 0 amide bonds. The first kappa shape index (κ1) is 10.9. The summed E-state index contributed by atoms with van der Waals surface area (Å²) in [5, 5.41) is 3.46. The molecule has 2 heterocycles. The van der Waals surface area contributed by atoms with Crippen LogP contribution >= 0.6 is 0 Å². The molecule has 2 aromatic heterocycles. The summed E-state index contributed by atoms with van der Waals surface area (Å²) in [6.07, 6.45) is 5.36. The fourth-order valence-electron chi connectivity index (χ4n) is 1.72. The maximum absolute atomic E-state index is 5.35. The molecular formula is C13H16N2O. The summed E-state index contributed by atoms with van der Waals surface area (Å²) in [5.41, 5.74) is 1.18. The predicted molar refractivity (Wildman–Crippen MR) is 62.9 cm³/mol. The third kappa shape index (κ3) is 2.49. The molecule has 0 radical (unpaired) electrons. The Hall–Kier alpha value is -1.61. The third-order valence-electron chi connectivity index (χ3n) is 2.65. The third-order valence-corrected chi connectivity index (χ3v) is 2.65. The monoisotopic (exact) mass is 216 g/mol. The van der Waals surface area contributed by atoms with Crippen LogP contribution in [0, 0.1) is 0 Å². The fourth-order valence-corrected chi connectivity index (χ4v) is 1.72. The standard InChI is InChI=1S/C13H16N2O/c1-10(12-5-3-7-14-9-12)15-11(2)13-6-4-8-16-13/h3-11,15H,1-2H3/t10-,11?/m0/s1. The van der Waals surface area contributed by atoms with Gasteiger partial charge in [0.25, 0.3) is 0 Å². The minimum Gasteiger partial charge on any atom is -0.468 e. The van der Waals surface area contributed by atoms with Gasteiger partial charge in [0.2, 0.25) is 0 Å². The number of rotatable bonds is 4. The Balaban J connectivity index is 2.00. The molecule has 0 aliphatic carbocycles. The van der Waals surface area contributed by atoms with Gasteiger partial charge in [0.1, 0.15) is 5.76 Å². The maximum Gasteiger partial charge on any atom is 0.120 e. The molecule has 2 atom stereocenters. The highest BCUT2D eigenvalue weighted by Crippen LogP contribution is 2.18. The molecule has 0 aliphatic rings. The van der Waals surface area contributed by atoms with E-state index in [1.807, 2.05) is 24.4 Å². The SMILES string of the molecule is CC(N[C@@H](C)c1cccnc1)c1ccco1. The lowest BCUT2D eigenvalue weighted by Gasteiger charge is -2.18. The van der Waals surface area contributed by atoms with Crippen LogP contribution in [0.4, 0.5) is 0 Å². The van der Waals surface area contributed by atoms with Crippen LogP contribution in [0.15, 0.2) is 47.3 Å².